The van der Waals surface area contributed by atoms with Crippen LogP contribution in [-0.4, -0.2) is 25.7 Å². The van der Waals surface area contributed by atoms with Crippen LogP contribution >= 0.6 is 0 Å². The van der Waals surface area contributed by atoms with Crippen LogP contribution in [0, 0.1) is 0 Å². The second kappa shape index (κ2) is 6.76. The normalized spacial score (nSPS) is 14.1. The van der Waals surface area contributed by atoms with Gasteiger partial charge in [0.1, 0.15) is 17.2 Å². The number of allylic oxidation sites excluding steroid dienone is 1. The van der Waals surface area contributed by atoms with Gasteiger partial charge in [0.05, 0.1) is 11.3 Å². The number of phenolic OH excluding ortho intramolecular Hbond substituents is 1. The standard InChI is InChI=1S/C23H15N3O3/c27-18-6-7-19-20(13-18)29-21(23(19)28)12-16-14-26(17-4-2-1-3-5-17)25-22(16)15-8-10-24-11-9-15/h1-14,27H/b21-12-. The van der Waals surface area contributed by atoms with Crippen molar-refractivity contribution < 1.29 is 14.6 Å². The predicted molar refractivity (Wildman–Crippen MR) is 108 cm³/mol. The van der Waals surface area contributed by atoms with E-state index in [1.807, 2.05) is 48.7 Å². The number of carbonyl (C=O) groups excluding carboxylic acids is 1. The van der Waals surface area contributed by atoms with Crippen LogP contribution in [0.15, 0.2) is 85.0 Å². The van der Waals surface area contributed by atoms with Crippen LogP contribution in [0.3, 0.4) is 0 Å². The van der Waals surface area contributed by atoms with Gasteiger partial charge in [0.15, 0.2) is 5.76 Å². The Hall–Kier alpha value is -4.19. The van der Waals surface area contributed by atoms with Gasteiger partial charge in [-0.2, -0.15) is 5.10 Å². The van der Waals surface area contributed by atoms with Gasteiger partial charge in [-0.05, 0) is 42.5 Å². The summed E-state index contributed by atoms with van der Waals surface area (Å²) in [6, 6.07) is 17.9. The Labute approximate surface area is 166 Å². The van der Waals surface area contributed by atoms with E-state index in [-0.39, 0.29) is 17.3 Å². The predicted octanol–water partition coefficient (Wildman–Crippen LogP) is 4.26. The van der Waals surface area contributed by atoms with Crippen LogP contribution in [0.5, 0.6) is 11.5 Å². The molecule has 6 heteroatoms. The minimum atomic E-state index is -0.229. The quantitative estimate of drug-likeness (QED) is 0.537. The number of benzene rings is 2. The first kappa shape index (κ1) is 16.9. The molecule has 6 nitrogen and oxygen atoms in total. The third kappa shape index (κ3) is 3.06. The van der Waals surface area contributed by atoms with E-state index in [1.165, 1.54) is 12.1 Å². The van der Waals surface area contributed by atoms with Gasteiger partial charge in [-0.3, -0.25) is 9.78 Å². The van der Waals surface area contributed by atoms with Crippen molar-refractivity contribution in [2.24, 2.45) is 0 Å². The zero-order valence-corrected chi connectivity index (χ0v) is 15.2. The molecule has 4 aromatic rings. The van der Waals surface area contributed by atoms with E-state index in [4.69, 9.17) is 9.84 Å². The minimum Gasteiger partial charge on any atom is -0.508 e. The summed E-state index contributed by atoms with van der Waals surface area (Å²) in [5.74, 6) is 0.357. The van der Waals surface area contributed by atoms with E-state index in [0.717, 1.165) is 16.8 Å². The number of aromatic hydroxyl groups is 1. The largest absolute Gasteiger partial charge is 0.508 e. The van der Waals surface area contributed by atoms with E-state index in [1.54, 1.807) is 29.2 Å². The highest BCUT2D eigenvalue weighted by Gasteiger charge is 2.28. The van der Waals surface area contributed by atoms with Crippen molar-refractivity contribution in [2.45, 2.75) is 0 Å². The van der Waals surface area contributed by atoms with Crippen LogP contribution in [0.1, 0.15) is 15.9 Å². The Morgan fingerprint density at radius 2 is 1.79 bits per heavy atom. The lowest BCUT2D eigenvalue weighted by atomic mass is 10.1. The SMILES string of the molecule is O=C1/C(=C/c2cn(-c3ccccc3)nc2-c2ccncc2)Oc2cc(O)ccc21. The lowest BCUT2D eigenvalue weighted by molar-refractivity contribution is 0.101. The number of fused-ring (bicyclic) bond motifs is 1. The first-order valence-corrected chi connectivity index (χ1v) is 9.02. The molecule has 1 aliphatic rings. The summed E-state index contributed by atoms with van der Waals surface area (Å²) in [5.41, 5.74) is 3.65. The van der Waals surface area contributed by atoms with Crippen molar-refractivity contribution in [3.05, 3.63) is 96.1 Å². The summed E-state index contributed by atoms with van der Waals surface area (Å²) in [6.07, 6.45) is 6.93. The number of hydrogen-bond donors (Lipinski definition) is 1. The number of Topliss-reactive ketones (excluding diaryl/α,β-unsaturated/α-hetero) is 1. The molecule has 29 heavy (non-hydrogen) atoms. The van der Waals surface area contributed by atoms with E-state index in [0.29, 0.717) is 17.0 Å². The molecule has 0 saturated carbocycles. The Balaban J connectivity index is 1.62. The Kier molecular flexibility index (Phi) is 3.95. The molecule has 0 atom stereocenters. The highest BCUT2D eigenvalue weighted by Crippen LogP contribution is 2.35. The zero-order valence-electron chi connectivity index (χ0n) is 15.2. The summed E-state index contributed by atoms with van der Waals surface area (Å²) >= 11 is 0. The van der Waals surface area contributed by atoms with Crippen LogP contribution in [-0.2, 0) is 0 Å². The van der Waals surface area contributed by atoms with Gasteiger partial charge in [-0.25, -0.2) is 4.68 Å². The van der Waals surface area contributed by atoms with Crippen molar-refractivity contribution in [3.63, 3.8) is 0 Å². The number of ether oxygens (including phenoxy) is 1. The average molecular weight is 381 g/mol. The molecule has 2 aromatic heterocycles. The zero-order chi connectivity index (χ0) is 19.8. The van der Waals surface area contributed by atoms with Gasteiger partial charge in [0, 0.05) is 35.8 Å². The molecule has 0 spiro atoms. The van der Waals surface area contributed by atoms with Crippen molar-refractivity contribution in [1.29, 1.82) is 0 Å². The molecule has 0 aliphatic carbocycles. The molecule has 140 valence electrons. The number of rotatable bonds is 3. The molecule has 0 fully saturated rings. The number of nitrogens with zero attached hydrogens (tertiary/aromatic N) is 3. The molecule has 2 aromatic carbocycles. The van der Waals surface area contributed by atoms with Crippen molar-refractivity contribution in [1.82, 2.24) is 14.8 Å². The monoisotopic (exact) mass is 381 g/mol. The summed E-state index contributed by atoms with van der Waals surface area (Å²) in [4.78, 5) is 16.8. The summed E-state index contributed by atoms with van der Waals surface area (Å²) in [6.45, 7) is 0. The van der Waals surface area contributed by atoms with Crippen LogP contribution in [0.25, 0.3) is 23.0 Å². The molecule has 0 radical (unpaired) electrons. The molecule has 5 rings (SSSR count). The van der Waals surface area contributed by atoms with Crippen molar-refractivity contribution in [2.75, 3.05) is 0 Å². The average Bonchev–Trinajstić information content (AvgIpc) is 3.31. The van der Waals surface area contributed by atoms with Gasteiger partial charge in [-0.15, -0.1) is 0 Å². The number of carbonyl (C=O) groups is 1. The number of pyridine rings is 1. The summed E-state index contributed by atoms with van der Waals surface area (Å²) < 4.78 is 7.48. The third-order valence-electron chi connectivity index (χ3n) is 4.66. The van der Waals surface area contributed by atoms with Crippen molar-refractivity contribution >= 4 is 11.9 Å². The number of para-hydroxylation sites is 1. The fourth-order valence-corrected chi connectivity index (χ4v) is 3.26. The second-order valence-electron chi connectivity index (χ2n) is 6.57. The molecule has 0 bridgehead atoms. The van der Waals surface area contributed by atoms with Crippen molar-refractivity contribution in [3.8, 4) is 28.4 Å². The number of aromatic nitrogens is 3. The number of ketones is 1. The molecular weight excluding hydrogens is 366 g/mol. The summed E-state index contributed by atoms with van der Waals surface area (Å²) in [5, 5.41) is 14.4. The molecule has 0 unspecified atom stereocenters. The molecule has 1 aliphatic heterocycles. The Bertz CT molecular complexity index is 1250. The number of hydrogen-bond acceptors (Lipinski definition) is 5. The van der Waals surface area contributed by atoms with E-state index < -0.39 is 0 Å². The smallest absolute Gasteiger partial charge is 0.231 e. The maximum atomic E-state index is 12.7. The van der Waals surface area contributed by atoms with Gasteiger partial charge in [0.25, 0.3) is 0 Å². The first-order valence-electron chi connectivity index (χ1n) is 9.02. The van der Waals surface area contributed by atoms with E-state index in [2.05, 4.69) is 4.98 Å². The maximum absolute atomic E-state index is 12.7. The lowest BCUT2D eigenvalue weighted by Crippen LogP contribution is -1.98. The van der Waals surface area contributed by atoms with Gasteiger partial charge in [-0.1, -0.05) is 18.2 Å². The molecule has 1 N–H and O–H groups in total. The van der Waals surface area contributed by atoms with Crippen LogP contribution in [0.2, 0.25) is 0 Å². The molecular formula is C23H15N3O3. The minimum absolute atomic E-state index is 0.0483. The fourth-order valence-electron chi connectivity index (χ4n) is 3.26. The molecule has 3 heterocycles. The van der Waals surface area contributed by atoms with Gasteiger partial charge >= 0.3 is 0 Å². The van der Waals surface area contributed by atoms with E-state index >= 15 is 0 Å². The Morgan fingerprint density at radius 1 is 1.00 bits per heavy atom. The Morgan fingerprint density at radius 3 is 2.59 bits per heavy atom. The lowest BCUT2D eigenvalue weighted by Gasteiger charge is -2.00. The molecule has 0 saturated heterocycles. The van der Waals surface area contributed by atoms with E-state index in [9.17, 15) is 9.90 Å². The fraction of sp³-hybridized carbons (Fsp3) is 0. The van der Waals surface area contributed by atoms with Crippen LogP contribution in [0.4, 0.5) is 0 Å². The van der Waals surface area contributed by atoms with Gasteiger partial charge in [0.2, 0.25) is 5.78 Å². The molecule has 0 amide bonds. The topological polar surface area (TPSA) is 77.2 Å². The first-order chi connectivity index (χ1) is 14.2. The highest BCUT2D eigenvalue weighted by atomic mass is 16.5. The van der Waals surface area contributed by atoms with Gasteiger partial charge < -0.3 is 9.84 Å². The number of phenols is 1. The third-order valence-corrected chi connectivity index (χ3v) is 4.66. The maximum Gasteiger partial charge on any atom is 0.231 e. The second-order valence-corrected chi connectivity index (χ2v) is 6.57. The highest BCUT2D eigenvalue weighted by molar-refractivity contribution is 6.14. The van der Waals surface area contributed by atoms with Crippen LogP contribution < -0.4 is 4.74 Å². The summed E-state index contributed by atoms with van der Waals surface area (Å²) in [7, 11) is 0.